The van der Waals surface area contributed by atoms with E-state index >= 15 is 0 Å². The number of hydrogen-bond donors (Lipinski definition) is 0. The van der Waals surface area contributed by atoms with Crippen LogP contribution < -0.4 is 56.8 Å². The molecule has 2 rings (SSSR count). The Kier molecular flexibility index (Phi) is 5.58. The summed E-state index contributed by atoms with van der Waals surface area (Å²) in [5, 5.41) is 0. The van der Waals surface area contributed by atoms with Gasteiger partial charge in [-0.2, -0.15) is 0 Å². The van der Waals surface area contributed by atoms with Crippen molar-refractivity contribution in [3.8, 4) is 0 Å². The predicted octanol–water partition coefficient (Wildman–Crippen LogP) is 0.403. The van der Waals surface area contributed by atoms with E-state index in [-0.39, 0.29) is 62.8 Å². The average molecular weight is 252 g/mol. The van der Waals surface area contributed by atoms with Crippen molar-refractivity contribution in [1.82, 2.24) is 0 Å². The summed E-state index contributed by atoms with van der Waals surface area (Å²) in [4.78, 5) is 0. The Morgan fingerprint density at radius 1 is 1.00 bits per heavy atom. The van der Waals surface area contributed by atoms with Crippen molar-refractivity contribution in [3.05, 3.63) is 29.8 Å². The monoisotopic (exact) mass is 252 g/mol. The van der Waals surface area contributed by atoms with Crippen molar-refractivity contribution in [3.63, 3.8) is 0 Å². The zero-order valence-electron chi connectivity index (χ0n) is 9.43. The zero-order valence-corrected chi connectivity index (χ0v) is 12.5. The first kappa shape index (κ1) is 14.8. The second-order valence-electron chi connectivity index (χ2n) is 4.19. The third-order valence-corrected chi connectivity index (χ3v) is 3.14. The molecule has 0 nitrogen and oxygen atoms in total. The van der Waals surface area contributed by atoms with Gasteiger partial charge in [0.15, 0.2) is 0 Å². The second-order valence-corrected chi connectivity index (χ2v) is 4.19. The van der Waals surface area contributed by atoms with Gasteiger partial charge in [-0.1, -0.05) is 42.7 Å². The van der Waals surface area contributed by atoms with Gasteiger partial charge in [-0.3, -0.25) is 0 Å². The summed E-state index contributed by atoms with van der Waals surface area (Å²) in [6.45, 7) is -4.86. The fraction of sp³-hybridized carbons (Fsp3) is 0.455. The molecular formula is C11H13BF3K. The molecule has 0 heterocycles. The number of hydrogen-bond acceptors (Lipinski definition) is 0. The second kappa shape index (κ2) is 6.05. The van der Waals surface area contributed by atoms with E-state index in [0.29, 0.717) is 5.56 Å². The van der Waals surface area contributed by atoms with Crippen LogP contribution in [0.3, 0.4) is 0 Å². The van der Waals surface area contributed by atoms with E-state index in [9.17, 15) is 12.9 Å². The van der Waals surface area contributed by atoms with Crippen molar-refractivity contribution in [2.24, 2.45) is 0 Å². The van der Waals surface area contributed by atoms with Crippen molar-refractivity contribution >= 4 is 12.4 Å². The van der Waals surface area contributed by atoms with Gasteiger partial charge in [0.1, 0.15) is 0 Å². The van der Waals surface area contributed by atoms with Crippen LogP contribution in [0.15, 0.2) is 24.3 Å². The first-order chi connectivity index (χ1) is 7.09. The molecule has 1 aliphatic rings. The molecule has 1 aromatic rings. The van der Waals surface area contributed by atoms with Gasteiger partial charge in [-0.05, 0) is 18.8 Å². The summed E-state index contributed by atoms with van der Waals surface area (Å²) in [6.07, 6.45) is 3.93. The molecule has 0 N–H and O–H groups in total. The minimum absolute atomic E-state index is 0. The molecule has 1 aliphatic carbocycles. The third kappa shape index (κ3) is 3.36. The maximum absolute atomic E-state index is 12.8. The van der Waals surface area contributed by atoms with Crippen molar-refractivity contribution in [2.75, 3.05) is 0 Å². The Morgan fingerprint density at radius 3 is 2.12 bits per heavy atom. The Balaban J connectivity index is 0.00000128. The molecule has 0 aliphatic heterocycles. The van der Waals surface area contributed by atoms with Gasteiger partial charge >= 0.3 is 58.4 Å². The van der Waals surface area contributed by atoms with E-state index in [4.69, 9.17) is 0 Å². The van der Waals surface area contributed by atoms with Crippen LogP contribution in [0.25, 0.3) is 0 Å². The maximum atomic E-state index is 12.8. The summed E-state index contributed by atoms with van der Waals surface area (Å²) in [7, 11) is 0. The molecule has 0 saturated heterocycles. The smallest absolute Gasteiger partial charge is 0.445 e. The summed E-state index contributed by atoms with van der Waals surface area (Å²) in [6, 6.07) is 6.04. The minimum atomic E-state index is -4.86. The van der Waals surface area contributed by atoms with E-state index in [0.717, 1.165) is 25.7 Å². The first-order valence-corrected chi connectivity index (χ1v) is 5.38. The fourth-order valence-corrected chi connectivity index (χ4v) is 2.42. The van der Waals surface area contributed by atoms with Gasteiger partial charge in [0.2, 0.25) is 0 Å². The van der Waals surface area contributed by atoms with E-state index in [1.54, 1.807) is 12.1 Å². The number of rotatable bonds is 2. The molecule has 0 spiro atoms. The molecule has 0 atom stereocenters. The van der Waals surface area contributed by atoms with Gasteiger partial charge in [0.05, 0.1) is 0 Å². The quantitative estimate of drug-likeness (QED) is 0.668. The largest absolute Gasteiger partial charge is 1.00 e. The molecule has 0 radical (unpaired) electrons. The molecule has 16 heavy (non-hydrogen) atoms. The average Bonchev–Trinajstić information content (AvgIpc) is 2.69. The van der Waals surface area contributed by atoms with Crippen LogP contribution in [0.4, 0.5) is 12.9 Å². The number of halogens is 3. The van der Waals surface area contributed by atoms with Crippen LogP contribution in [0.5, 0.6) is 0 Å². The molecule has 0 amide bonds. The van der Waals surface area contributed by atoms with Crippen LogP contribution >= 0.6 is 0 Å². The van der Waals surface area contributed by atoms with Gasteiger partial charge in [-0.25, -0.2) is 0 Å². The Morgan fingerprint density at radius 2 is 1.56 bits per heavy atom. The van der Waals surface area contributed by atoms with Crippen molar-refractivity contribution in [1.29, 1.82) is 0 Å². The summed E-state index contributed by atoms with van der Waals surface area (Å²) in [5.74, 6) is 0.129. The number of benzene rings is 1. The Labute approximate surface area is 136 Å². The Bertz CT molecular complexity index is 345. The normalized spacial score (nSPS) is 17.2. The van der Waals surface area contributed by atoms with Gasteiger partial charge in [0.25, 0.3) is 0 Å². The van der Waals surface area contributed by atoms with Crippen molar-refractivity contribution in [2.45, 2.75) is 31.6 Å². The molecule has 1 aromatic carbocycles. The molecule has 1 fully saturated rings. The predicted molar refractivity (Wildman–Crippen MR) is 56.4 cm³/mol. The summed E-state index contributed by atoms with van der Waals surface area (Å²) >= 11 is 0. The van der Waals surface area contributed by atoms with Crippen LogP contribution in [0.1, 0.15) is 37.2 Å². The summed E-state index contributed by atoms with van der Waals surface area (Å²) < 4.78 is 38.3. The molecule has 0 aromatic heterocycles. The van der Waals surface area contributed by atoms with Crippen LogP contribution in [0, 0.1) is 0 Å². The van der Waals surface area contributed by atoms with Crippen molar-refractivity contribution < 1.29 is 64.3 Å². The third-order valence-electron chi connectivity index (χ3n) is 3.14. The zero-order chi connectivity index (χ0) is 10.9. The van der Waals surface area contributed by atoms with Gasteiger partial charge in [-0.15, -0.1) is 5.46 Å². The minimum Gasteiger partial charge on any atom is -0.445 e. The molecule has 5 heteroatoms. The van der Waals surface area contributed by atoms with Gasteiger partial charge in [0, 0.05) is 0 Å². The fourth-order valence-electron chi connectivity index (χ4n) is 2.42. The standard InChI is InChI=1S/C11H13BF3.K/c13-12(14,15)11-8-4-3-7-10(11)9-5-1-2-6-9;/h3-4,7-9H,1-2,5-6H2;/q-1;+1. The van der Waals surface area contributed by atoms with E-state index < -0.39 is 6.98 Å². The van der Waals surface area contributed by atoms with Crippen LogP contribution in [0.2, 0.25) is 0 Å². The molecule has 82 valence electrons. The van der Waals surface area contributed by atoms with E-state index in [2.05, 4.69) is 0 Å². The first-order valence-electron chi connectivity index (χ1n) is 5.38. The maximum Gasteiger partial charge on any atom is 1.00 e. The molecule has 1 saturated carbocycles. The van der Waals surface area contributed by atoms with Crippen LogP contribution in [-0.4, -0.2) is 6.98 Å². The van der Waals surface area contributed by atoms with E-state index in [1.165, 1.54) is 12.1 Å². The molecule has 0 bridgehead atoms. The van der Waals surface area contributed by atoms with E-state index in [1.807, 2.05) is 0 Å². The molecule has 0 unspecified atom stereocenters. The topological polar surface area (TPSA) is 0 Å². The molecular weight excluding hydrogens is 239 g/mol. The summed E-state index contributed by atoms with van der Waals surface area (Å²) in [5.41, 5.74) is 0.131. The van der Waals surface area contributed by atoms with Crippen LogP contribution in [-0.2, 0) is 0 Å². The van der Waals surface area contributed by atoms with Gasteiger partial charge < -0.3 is 12.9 Å². The SMILES string of the molecule is F[B-](F)(F)c1ccccc1C1CCCC1.[K+]. The Hall–Kier alpha value is 0.711.